The fraction of sp³-hybridized carbons (Fsp3) is 0.211. The minimum absolute atomic E-state index is 0.161. The van der Waals surface area contributed by atoms with Gasteiger partial charge in [-0.3, -0.25) is 4.79 Å². The zero-order chi connectivity index (χ0) is 19.2. The first-order chi connectivity index (χ1) is 13.0. The van der Waals surface area contributed by atoms with Crippen LogP contribution in [0.25, 0.3) is 0 Å². The molecular weight excluding hydrogens is 382 g/mol. The van der Waals surface area contributed by atoms with Gasteiger partial charge in [0.05, 0.1) is 18.8 Å². The Morgan fingerprint density at radius 2 is 2.00 bits per heavy atom. The molecule has 0 aliphatic carbocycles. The van der Waals surface area contributed by atoms with E-state index in [-0.39, 0.29) is 11.7 Å². The van der Waals surface area contributed by atoms with E-state index in [2.05, 4.69) is 15.5 Å². The van der Waals surface area contributed by atoms with E-state index in [0.717, 1.165) is 22.6 Å². The van der Waals surface area contributed by atoms with Gasteiger partial charge in [-0.25, -0.2) is 0 Å². The van der Waals surface area contributed by atoms with Gasteiger partial charge in [0.1, 0.15) is 0 Å². The van der Waals surface area contributed by atoms with E-state index >= 15 is 0 Å². The van der Waals surface area contributed by atoms with Gasteiger partial charge in [0.2, 0.25) is 5.91 Å². The van der Waals surface area contributed by atoms with E-state index in [0.29, 0.717) is 23.3 Å². The molecule has 140 valence electrons. The van der Waals surface area contributed by atoms with Gasteiger partial charge >= 0.3 is 0 Å². The molecule has 3 aromatic rings. The van der Waals surface area contributed by atoms with Gasteiger partial charge in [0, 0.05) is 10.7 Å². The Labute approximate surface area is 167 Å². The summed E-state index contributed by atoms with van der Waals surface area (Å²) in [5, 5.41) is 13.2. The number of nitrogens with zero attached hydrogens (tertiary/aromatic N) is 3. The van der Waals surface area contributed by atoms with Crippen LogP contribution in [0.1, 0.15) is 17.0 Å². The van der Waals surface area contributed by atoms with Crippen molar-refractivity contribution in [3.63, 3.8) is 0 Å². The van der Waals surface area contributed by atoms with Crippen molar-refractivity contribution in [2.75, 3.05) is 11.1 Å². The van der Waals surface area contributed by atoms with Gasteiger partial charge in [-0.1, -0.05) is 59.8 Å². The highest BCUT2D eigenvalue weighted by Crippen LogP contribution is 2.22. The van der Waals surface area contributed by atoms with Crippen molar-refractivity contribution in [2.45, 2.75) is 25.2 Å². The summed E-state index contributed by atoms with van der Waals surface area (Å²) >= 11 is 7.48. The lowest BCUT2D eigenvalue weighted by atomic mass is 10.2. The number of primary amides is 1. The highest BCUT2D eigenvalue weighted by Gasteiger charge is 2.14. The van der Waals surface area contributed by atoms with Crippen LogP contribution in [-0.4, -0.2) is 26.4 Å². The van der Waals surface area contributed by atoms with E-state index < -0.39 is 0 Å². The van der Waals surface area contributed by atoms with E-state index in [1.54, 1.807) is 0 Å². The zero-order valence-electron chi connectivity index (χ0n) is 14.9. The minimum atomic E-state index is -0.386. The van der Waals surface area contributed by atoms with Crippen molar-refractivity contribution in [3.05, 3.63) is 70.5 Å². The number of aromatic nitrogens is 3. The molecular formula is C19H20ClN5OS. The summed E-state index contributed by atoms with van der Waals surface area (Å²) < 4.78 is 1.99. The molecule has 6 nitrogen and oxygen atoms in total. The number of thioether (sulfide) groups is 1. The van der Waals surface area contributed by atoms with Gasteiger partial charge in [-0.05, 0) is 30.2 Å². The monoisotopic (exact) mass is 401 g/mol. The molecule has 0 fully saturated rings. The van der Waals surface area contributed by atoms with E-state index in [4.69, 9.17) is 17.3 Å². The van der Waals surface area contributed by atoms with Gasteiger partial charge in [0.15, 0.2) is 11.0 Å². The number of aryl methyl sites for hydroxylation is 1. The Balaban J connectivity index is 1.80. The quantitative estimate of drug-likeness (QED) is 0.564. The van der Waals surface area contributed by atoms with Crippen molar-refractivity contribution in [1.29, 1.82) is 0 Å². The smallest absolute Gasteiger partial charge is 0.227 e. The Morgan fingerprint density at radius 1 is 1.22 bits per heavy atom. The van der Waals surface area contributed by atoms with Crippen molar-refractivity contribution in [3.8, 4) is 0 Å². The largest absolute Gasteiger partial charge is 0.378 e. The lowest BCUT2D eigenvalue weighted by molar-refractivity contribution is -0.115. The molecule has 3 rings (SSSR count). The summed E-state index contributed by atoms with van der Waals surface area (Å²) in [5.74, 6) is 0.541. The van der Waals surface area contributed by atoms with E-state index in [9.17, 15) is 4.79 Å². The standard InChI is InChI=1S/C19H20ClN5OS/c1-13-7-8-15(9-16(13)20)22-10-18-23-24-19(27-12-17(21)26)25(18)11-14-5-3-2-4-6-14/h2-9,22H,10-12H2,1H3,(H2,21,26). The molecule has 1 heterocycles. The molecule has 1 amide bonds. The first-order valence-corrected chi connectivity index (χ1v) is 9.76. The summed E-state index contributed by atoms with van der Waals surface area (Å²) in [4.78, 5) is 11.1. The molecule has 0 saturated carbocycles. The lowest BCUT2D eigenvalue weighted by Crippen LogP contribution is -2.15. The summed E-state index contributed by atoms with van der Waals surface area (Å²) in [5.41, 5.74) is 8.33. The highest BCUT2D eigenvalue weighted by atomic mass is 35.5. The average molecular weight is 402 g/mol. The van der Waals surface area contributed by atoms with Crippen LogP contribution in [0, 0.1) is 6.92 Å². The predicted octanol–water partition coefficient (Wildman–Crippen LogP) is 3.48. The number of halogens is 1. The molecule has 27 heavy (non-hydrogen) atoms. The average Bonchev–Trinajstić information content (AvgIpc) is 3.03. The number of benzene rings is 2. The maximum Gasteiger partial charge on any atom is 0.227 e. The number of carbonyl (C=O) groups excluding carboxylic acids is 1. The fourth-order valence-electron chi connectivity index (χ4n) is 2.50. The highest BCUT2D eigenvalue weighted by molar-refractivity contribution is 7.99. The maximum atomic E-state index is 11.1. The molecule has 8 heteroatoms. The van der Waals surface area contributed by atoms with Gasteiger partial charge in [0.25, 0.3) is 0 Å². The maximum absolute atomic E-state index is 11.1. The van der Waals surface area contributed by atoms with Crippen LogP contribution in [0.2, 0.25) is 5.02 Å². The first kappa shape index (κ1) is 19.3. The van der Waals surface area contributed by atoms with Crippen LogP contribution < -0.4 is 11.1 Å². The van der Waals surface area contributed by atoms with Crippen molar-refractivity contribution < 1.29 is 4.79 Å². The molecule has 0 spiro atoms. The Kier molecular flexibility index (Phi) is 6.36. The lowest BCUT2D eigenvalue weighted by Gasteiger charge is -2.12. The Bertz CT molecular complexity index is 929. The summed E-state index contributed by atoms with van der Waals surface area (Å²) in [7, 11) is 0. The molecule has 0 bridgehead atoms. The molecule has 0 aliphatic heterocycles. The number of hydrogen-bond acceptors (Lipinski definition) is 5. The molecule has 3 N–H and O–H groups in total. The fourth-order valence-corrected chi connectivity index (χ4v) is 3.38. The van der Waals surface area contributed by atoms with Crippen molar-refractivity contribution in [1.82, 2.24) is 14.8 Å². The second-order valence-corrected chi connectivity index (χ2v) is 7.39. The van der Waals surface area contributed by atoms with Crippen LogP contribution in [-0.2, 0) is 17.9 Å². The number of hydrogen-bond donors (Lipinski definition) is 2. The van der Waals surface area contributed by atoms with Crippen molar-refractivity contribution in [2.24, 2.45) is 5.73 Å². The molecule has 0 unspecified atom stereocenters. The van der Waals surface area contributed by atoms with Gasteiger partial charge in [-0.15, -0.1) is 10.2 Å². The van der Waals surface area contributed by atoms with Gasteiger partial charge in [-0.2, -0.15) is 0 Å². The van der Waals surface area contributed by atoms with Crippen LogP contribution in [0.5, 0.6) is 0 Å². The summed E-state index contributed by atoms with van der Waals surface area (Å²) in [6, 6.07) is 15.9. The molecule has 0 radical (unpaired) electrons. The first-order valence-electron chi connectivity index (χ1n) is 8.40. The Hall–Kier alpha value is -2.51. The summed E-state index contributed by atoms with van der Waals surface area (Å²) in [6.45, 7) is 3.06. The number of rotatable bonds is 8. The molecule has 1 aromatic heterocycles. The predicted molar refractivity (Wildman–Crippen MR) is 109 cm³/mol. The SMILES string of the molecule is Cc1ccc(NCc2nnc(SCC(N)=O)n2Cc2ccccc2)cc1Cl. The number of carbonyl (C=O) groups is 1. The van der Waals surface area contributed by atoms with Crippen LogP contribution in [0.4, 0.5) is 5.69 Å². The van der Waals surface area contributed by atoms with Crippen LogP contribution in [0.15, 0.2) is 53.7 Å². The molecule has 0 aliphatic rings. The molecule has 2 aromatic carbocycles. The second kappa shape index (κ2) is 8.92. The number of nitrogens with one attached hydrogen (secondary N) is 1. The third-order valence-electron chi connectivity index (χ3n) is 3.94. The van der Waals surface area contributed by atoms with Crippen molar-refractivity contribution >= 4 is 35.0 Å². The van der Waals surface area contributed by atoms with E-state index in [1.165, 1.54) is 11.8 Å². The summed E-state index contributed by atoms with van der Waals surface area (Å²) in [6.07, 6.45) is 0. The van der Waals surface area contributed by atoms with Crippen LogP contribution in [0.3, 0.4) is 0 Å². The second-order valence-electron chi connectivity index (χ2n) is 6.04. The van der Waals surface area contributed by atoms with Crippen LogP contribution >= 0.6 is 23.4 Å². The number of nitrogens with two attached hydrogens (primary N) is 1. The minimum Gasteiger partial charge on any atom is -0.378 e. The van der Waals surface area contributed by atoms with Gasteiger partial charge < -0.3 is 15.6 Å². The molecule has 0 saturated heterocycles. The zero-order valence-corrected chi connectivity index (χ0v) is 16.4. The van der Waals surface area contributed by atoms with E-state index in [1.807, 2.05) is 60.0 Å². The number of amides is 1. The Morgan fingerprint density at radius 3 is 2.70 bits per heavy atom. The topological polar surface area (TPSA) is 85.8 Å². The number of anilines is 1. The third kappa shape index (κ3) is 5.24. The normalized spacial score (nSPS) is 10.7. The third-order valence-corrected chi connectivity index (χ3v) is 5.34. The molecule has 0 atom stereocenters.